The number of rotatable bonds is 3. The van der Waals surface area contributed by atoms with Crippen molar-refractivity contribution in [3.63, 3.8) is 0 Å². The Morgan fingerprint density at radius 3 is 2.63 bits per heavy atom. The first kappa shape index (κ1) is 23.4. The lowest BCUT2D eigenvalue weighted by molar-refractivity contribution is -0.148. The van der Waals surface area contributed by atoms with E-state index in [-0.39, 0.29) is 12.0 Å². The highest BCUT2D eigenvalue weighted by atomic mass is 16.5. The summed E-state index contributed by atoms with van der Waals surface area (Å²) < 4.78 is 5.66. The summed E-state index contributed by atoms with van der Waals surface area (Å²) in [6, 6.07) is 0.969. The van der Waals surface area contributed by atoms with Gasteiger partial charge < -0.3 is 31.1 Å². The average molecular weight is 484 g/mol. The molecule has 3 aliphatic carbocycles. The van der Waals surface area contributed by atoms with Crippen LogP contribution in [0.3, 0.4) is 0 Å². The van der Waals surface area contributed by atoms with Gasteiger partial charge in [-0.05, 0) is 57.3 Å². The summed E-state index contributed by atoms with van der Waals surface area (Å²) in [6.45, 7) is 0.813. The van der Waals surface area contributed by atoms with Crippen LogP contribution in [0.4, 0.5) is 5.69 Å². The highest BCUT2D eigenvalue weighted by Crippen LogP contribution is 2.53. The van der Waals surface area contributed by atoms with Crippen molar-refractivity contribution in [2.24, 2.45) is 17.6 Å². The van der Waals surface area contributed by atoms with Gasteiger partial charge in [0.2, 0.25) is 5.78 Å². The van der Waals surface area contributed by atoms with Gasteiger partial charge in [0, 0.05) is 29.3 Å². The number of aliphatic hydroxyl groups is 3. The van der Waals surface area contributed by atoms with Crippen LogP contribution in [-0.2, 0) is 22.4 Å². The number of likely N-dealkylation sites (N-methyl/N-ethyl adjacent to an activating group) is 1. The number of carbonyl (C=O) groups excluding carboxylic acids is 3. The first-order valence-corrected chi connectivity index (χ1v) is 11.6. The van der Waals surface area contributed by atoms with E-state index < -0.39 is 58.0 Å². The van der Waals surface area contributed by atoms with E-state index in [1.807, 2.05) is 6.07 Å². The fraction of sp³-hybridized carbons (Fsp3) is 0.480. The van der Waals surface area contributed by atoms with Crippen LogP contribution in [-0.4, -0.2) is 77.1 Å². The van der Waals surface area contributed by atoms with E-state index in [9.17, 15) is 29.7 Å². The molecule has 0 saturated heterocycles. The molecule has 4 aliphatic rings. The number of ether oxygens (including phenoxy) is 1. The van der Waals surface area contributed by atoms with Crippen LogP contribution in [0.2, 0.25) is 0 Å². The van der Waals surface area contributed by atoms with Crippen molar-refractivity contribution in [1.29, 1.82) is 0 Å². The number of anilines is 1. The number of allylic oxidation sites excluding steroid dienone is 1. The molecule has 0 radical (unpaired) electrons. The molecule has 1 aromatic rings. The molecule has 0 spiro atoms. The smallest absolute Gasteiger partial charge is 0.255 e. The van der Waals surface area contributed by atoms with E-state index >= 15 is 0 Å². The van der Waals surface area contributed by atoms with E-state index in [2.05, 4.69) is 5.32 Å². The number of ketones is 2. The Kier molecular flexibility index (Phi) is 5.22. The summed E-state index contributed by atoms with van der Waals surface area (Å²) in [6.07, 6.45) is 2.10. The maximum Gasteiger partial charge on any atom is 0.255 e. The first-order valence-electron chi connectivity index (χ1n) is 11.6. The SMILES string of the molecule is COc1c2c(cc3c1C(=O)C1=C(O)[C@]4(O)C(=O)C(C(N)=O)=C(O)[C@@H](N(C)C)[C@@H]4C[C@@H]1C3)NCCC2. The third-order valence-corrected chi connectivity index (χ3v) is 7.92. The number of nitrogens with zero attached hydrogens (tertiary/aromatic N) is 1. The van der Waals surface area contributed by atoms with Crippen molar-refractivity contribution in [3.8, 4) is 5.75 Å². The lowest BCUT2D eigenvalue weighted by Gasteiger charge is -2.50. The number of hydrogen-bond donors (Lipinski definition) is 5. The molecule has 0 bridgehead atoms. The molecule has 1 heterocycles. The van der Waals surface area contributed by atoms with E-state index in [1.54, 1.807) is 19.0 Å². The normalized spacial score (nSPS) is 29.8. The second-order valence-electron chi connectivity index (χ2n) is 9.96. The Hall–Kier alpha value is -3.37. The van der Waals surface area contributed by atoms with Gasteiger partial charge in [0.1, 0.15) is 22.8 Å². The zero-order valence-corrected chi connectivity index (χ0v) is 19.8. The number of methoxy groups -OCH3 is 1. The molecule has 10 heteroatoms. The molecule has 10 nitrogen and oxygen atoms in total. The van der Waals surface area contributed by atoms with Crippen molar-refractivity contribution in [1.82, 2.24) is 4.90 Å². The molecule has 6 N–H and O–H groups in total. The number of nitrogens with one attached hydrogen (secondary N) is 1. The van der Waals surface area contributed by atoms with Gasteiger partial charge in [-0.15, -0.1) is 0 Å². The number of primary amides is 1. The van der Waals surface area contributed by atoms with Crippen LogP contribution in [0.25, 0.3) is 0 Å². The summed E-state index contributed by atoms with van der Waals surface area (Å²) >= 11 is 0. The second-order valence-corrected chi connectivity index (χ2v) is 9.96. The fourth-order valence-electron chi connectivity index (χ4n) is 6.45. The summed E-state index contributed by atoms with van der Waals surface area (Å²) in [5.41, 5.74) is 4.82. The number of Topliss-reactive ketones (excluding diaryl/α,β-unsaturated/α-hetero) is 2. The minimum absolute atomic E-state index is 0.0608. The van der Waals surface area contributed by atoms with E-state index in [0.29, 0.717) is 17.7 Å². The monoisotopic (exact) mass is 483 g/mol. The number of aliphatic hydroxyl groups excluding tert-OH is 2. The van der Waals surface area contributed by atoms with Crippen molar-refractivity contribution in [3.05, 3.63) is 45.4 Å². The van der Waals surface area contributed by atoms with Crippen LogP contribution in [0.15, 0.2) is 28.7 Å². The van der Waals surface area contributed by atoms with Gasteiger partial charge in [0.05, 0.1) is 18.7 Å². The molecule has 0 saturated carbocycles. The summed E-state index contributed by atoms with van der Waals surface area (Å²) in [5.74, 6) is -5.34. The Labute approximate surface area is 202 Å². The van der Waals surface area contributed by atoms with Gasteiger partial charge in [0.15, 0.2) is 11.4 Å². The molecule has 1 aromatic carbocycles. The van der Waals surface area contributed by atoms with Crippen molar-refractivity contribution in [2.75, 3.05) is 33.1 Å². The van der Waals surface area contributed by atoms with Crippen LogP contribution in [0.5, 0.6) is 5.75 Å². The third-order valence-electron chi connectivity index (χ3n) is 7.92. The molecule has 0 aromatic heterocycles. The van der Waals surface area contributed by atoms with E-state index in [1.165, 1.54) is 7.11 Å². The maximum atomic E-state index is 13.8. The van der Waals surface area contributed by atoms with Crippen molar-refractivity contribution >= 4 is 23.2 Å². The van der Waals surface area contributed by atoms with Crippen molar-refractivity contribution in [2.45, 2.75) is 37.3 Å². The predicted octanol–water partition coefficient (Wildman–Crippen LogP) is 0.782. The van der Waals surface area contributed by atoms with E-state index in [4.69, 9.17) is 10.5 Å². The standard InChI is InChI=1S/C25H29N3O7/c1-28(2)18-13-8-10-7-11-9-14-12(5-4-6-27-14)21(35-3)15(11)19(29)16(10)22(31)25(13,34)23(32)17(20(18)30)24(26)33/h9-10,13,18,27,30-31,34H,4-8H2,1-3H3,(H2,26,33)/t10-,13-,18-,25-/m0/s1. The van der Waals surface area contributed by atoms with Crippen LogP contribution in [0, 0.1) is 11.8 Å². The lowest BCUT2D eigenvalue weighted by Crippen LogP contribution is -2.63. The van der Waals surface area contributed by atoms with Crippen LogP contribution < -0.4 is 15.8 Å². The molecular weight excluding hydrogens is 454 g/mol. The molecule has 35 heavy (non-hydrogen) atoms. The van der Waals surface area contributed by atoms with Gasteiger partial charge in [-0.1, -0.05) is 0 Å². The van der Waals surface area contributed by atoms with E-state index in [0.717, 1.165) is 36.2 Å². The second kappa shape index (κ2) is 7.82. The zero-order valence-electron chi connectivity index (χ0n) is 19.8. The fourth-order valence-corrected chi connectivity index (χ4v) is 6.45. The van der Waals surface area contributed by atoms with Gasteiger partial charge >= 0.3 is 0 Å². The highest BCUT2D eigenvalue weighted by molar-refractivity contribution is 6.24. The molecule has 5 rings (SSSR count). The highest BCUT2D eigenvalue weighted by Gasteiger charge is 2.63. The van der Waals surface area contributed by atoms with Crippen LogP contribution >= 0.6 is 0 Å². The zero-order chi connectivity index (χ0) is 25.4. The molecule has 0 unspecified atom stereocenters. The predicted molar refractivity (Wildman–Crippen MR) is 125 cm³/mol. The van der Waals surface area contributed by atoms with Gasteiger partial charge in [-0.25, -0.2) is 0 Å². The number of hydrogen-bond acceptors (Lipinski definition) is 9. The molecule has 0 fully saturated rings. The summed E-state index contributed by atoms with van der Waals surface area (Å²) in [5, 5.41) is 37.2. The maximum absolute atomic E-state index is 13.8. The quantitative estimate of drug-likeness (QED) is 0.391. The Balaban J connectivity index is 1.72. The minimum Gasteiger partial charge on any atom is -0.510 e. The Morgan fingerprint density at radius 2 is 2.00 bits per heavy atom. The molecule has 1 aliphatic heterocycles. The van der Waals surface area contributed by atoms with Gasteiger partial charge in [0.25, 0.3) is 5.91 Å². The number of carbonyl (C=O) groups is 3. The molecule has 4 atom stereocenters. The number of benzene rings is 1. The van der Waals surface area contributed by atoms with Crippen LogP contribution in [0.1, 0.15) is 34.3 Å². The Morgan fingerprint density at radius 1 is 1.29 bits per heavy atom. The van der Waals surface area contributed by atoms with Gasteiger partial charge in [-0.3, -0.25) is 19.3 Å². The Bertz CT molecular complexity index is 1250. The molecule has 1 amide bonds. The lowest BCUT2D eigenvalue weighted by atomic mass is 9.58. The largest absolute Gasteiger partial charge is 0.510 e. The topological polar surface area (TPSA) is 162 Å². The number of amides is 1. The summed E-state index contributed by atoms with van der Waals surface area (Å²) in [4.78, 5) is 40.8. The first-order chi connectivity index (χ1) is 16.5. The summed E-state index contributed by atoms with van der Waals surface area (Å²) in [7, 11) is 4.73. The number of nitrogens with two attached hydrogens (primary N) is 1. The number of fused-ring (bicyclic) bond motifs is 4. The molecular formula is C25H29N3O7. The van der Waals surface area contributed by atoms with Gasteiger partial charge in [-0.2, -0.15) is 0 Å². The van der Waals surface area contributed by atoms with Crippen molar-refractivity contribution < 1.29 is 34.4 Å². The third kappa shape index (κ3) is 2.99. The average Bonchev–Trinajstić information content (AvgIpc) is 2.79. The minimum atomic E-state index is -2.58. The molecule has 186 valence electrons.